The zero-order valence-electron chi connectivity index (χ0n) is 20.8. The first kappa shape index (κ1) is 24.9. The van der Waals surface area contributed by atoms with E-state index in [2.05, 4.69) is 60.4 Å². The van der Waals surface area contributed by atoms with Gasteiger partial charge < -0.3 is 4.90 Å². The molecule has 0 saturated carbocycles. The minimum Gasteiger partial charge on any atom is -0.341 e. The van der Waals surface area contributed by atoms with Crippen LogP contribution in [0.1, 0.15) is 122 Å². The van der Waals surface area contributed by atoms with Crippen molar-refractivity contribution in [3.8, 4) is 0 Å². The molecule has 3 rings (SSSR count). The number of rotatable bonds is 17. The lowest BCUT2D eigenvalue weighted by atomic mass is 9.94. The molecule has 0 bridgehead atoms. The van der Waals surface area contributed by atoms with Crippen LogP contribution in [0, 0.1) is 0 Å². The summed E-state index contributed by atoms with van der Waals surface area (Å²) in [6.45, 7) is 3.44. The average molecular weight is 434 g/mol. The predicted octanol–water partition coefficient (Wildman–Crippen LogP) is 10.00. The second-order valence-electron chi connectivity index (χ2n) is 9.87. The van der Waals surface area contributed by atoms with E-state index in [0.29, 0.717) is 0 Å². The Morgan fingerprint density at radius 1 is 0.688 bits per heavy atom. The fourth-order valence-electron chi connectivity index (χ4n) is 5.19. The first-order valence-electron chi connectivity index (χ1n) is 13.8. The number of benzene rings is 1. The van der Waals surface area contributed by atoms with Crippen molar-refractivity contribution in [1.82, 2.24) is 0 Å². The van der Waals surface area contributed by atoms with E-state index in [-0.39, 0.29) is 0 Å². The number of fused-ring (bicyclic) bond motifs is 2. The number of anilines is 1. The lowest BCUT2D eigenvalue weighted by Gasteiger charge is -2.35. The van der Waals surface area contributed by atoms with Crippen LogP contribution in [0.5, 0.6) is 0 Å². The molecule has 32 heavy (non-hydrogen) atoms. The second kappa shape index (κ2) is 15.1. The molecule has 2 aliphatic rings. The number of allylic oxidation sites excluding steroid dienone is 4. The third-order valence-electron chi connectivity index (χ3n) is 7.14. The molecule has 0 aromatic heterocycles. The lowest BCUT2D eigenvalue weighted by molar-refractivity contribution is 0.529. The van der Waals surface area contributed by atoms with Crippen LogP contribution in [-0.4, -0.2) is 6.54 Å². The van der Waals surface area contributed by atoms with Crippen LogP contribution in [0.25, 0.3) is 6.08 Å². The van der Waals surface area contributed by atoms with Crippen LogP contribution in [-0.2, 0) is 0 Å². The van der Waals surface area contributed by atoms with E-state index in [9.17, 15) is 0 Å². The molecule has 1 nitrogen and oxygen atoms in total. The van der Waals surface area contributed by atoms with Crippen molar-refractivity contribution in [3.05, 3.63) is 59.3 Å². The van der Waals surface area contributed by atoms with Gasteiger partial charge in [0.25, 0.3) is 0 Å². The van der Waals surface area contributed by atoms with E-state index in [1.54, 1.807) is 0 Å². The van der Waals surface area contributed by atoms with Crippen molar-refractivity contribution >= 4 is 11.8 Å². The Kier molecular flexibility index (Phi) is 11.8. The monoisotopic (exact) mass is 433 g/mol. The van der Waals surface area contributed by atoms with Crippen molar-refractivity contribution in [2.75, 3.05) is 11.4 Å². The molecule has 1 aliphatic heterocycles. The minimum atomic E-state index is 1.07. The maximum absolute atomic E-state index is 2.57. The Morgan fingerprint density at radius 3 is 1.88 bits per heavy atom. The Hall–Kier alpha value is -1.76. The summed E-state index contributed by atoms with van der Waals surface area (Å²) in [6.07, 6.45) is 33.1. The molecule has 0 radical (unpaired) electrons. The second-order valence-corrected chi connectivity index (χ2v) is 9.87. The van der Waals surface area contributed by atoms with Crippen molar-refractivity contribution in [3.63, 3.8) is 0 Å². The molecular weight excluding hydrogens is 386 g/mol. The summed E-state index contributed by atoms with van der Waals surface area (Å²) in [5, 5.41) is 0. The van der Waals surface area contributed by atoms with E-state index in [1.165, 1.54) is 125 Å². The Balaban J connectivity index is 1.21. The van der Waals surface area contributed by atoms with Gasteiger partial charge in [0.15, 0.2) is 0 Å². The number of para-hydroxylation sites is 1. The third-order valence-corrected chi connectivity index (χ3v) is 7.14. The number of hydrogen-bond donors (Lipinski definition) is 0. The fourth-order valence-corrected chi connectivity index (χ4v) is 5.19. The molecule has 0 spiro atoms. The first-order valence-corrected chi connectivity index (χ1v) is 13.8. The molecule has 176 valence electrons. The van der Waals surface area contributed by atoms with E-state index in [0.717, 1.165) is 13.0 Å². The van der Waals surface area contributed by atoms with Crippen LogP contribution in [0.15, 0.2) is 53.8 Å². The highest BCUT2D eigenvalue weighted by atomic mass is 15.1. The first-order chi connectivity index (χ1) is 15.9. The fraction of sp³-hybridized carbons (Fsp3) is 0.613. The smallest absolute Gasteiger partial charge is 0.0484 e. The van der Waals surface area contributed by atoms with Gasteiger partial charge in [-0.25, -0.2) is 0 Å². The highest BCUT2D eigenvalue weighted by molar-refractivity contribution is 5.80. The molecular formula is C31H47N. The van der Waals surface area contributed by atoms with Crippen LogP contribution in [0.3, 0.4) is 0 Å². The summed E-state index contributed by atoms with van der Waals surface area (Å²) in [6, 6.07) is 8.89. The van der Waals surface area contributed by atoms with Crippen LogP contribution in [0.2, 0.25) is 0 Å². The molecule has 1 aromatic rings. The maximum atomic E-state index is 2.57. The number of unbranched alkanes of at least 4 members (excludes halogenated alkanes) is 15. The summed E-state index contributed by atoms with van der Waals surface area (Å²) < 4.78 is 0. The molecule has 0 unspecified atom stereocenters. The Bertz CT molecular complexity index is 739. The SMILES string of the molecule is CCCCCCCCCCCCCCCCCCN1C2=CC=CCC2=Cc2ccccc21. The molecule has 1 aliphatic carbocycles. The standard InChI is InChI=1S/C31H47N/c1-2-3-4-5-6-7-8-9-10-11-12-13-14-15-16-21-26-32-30-24-19-17-22-28(30)27-29-23-18-20-25-31(29)32/h17-20,22,24-25,27H,2-16,21,23,26H2,1H3. The molecule has 1 aromatic carbocycles. The zero-order valence-corrected chi connectivity index (χ0v) is 20.8. The Morgan fingerprint density at radius 2 is 1.25 bits per heavy atom. The maximum Gasteiger partial charge on any atom is 0.0484 e. The third kappa shape index (κ3) is 8.30. The van der Waals surface area contributed by atoms with Crippen molar-refractivity contribution < 1.29 is 0 Å². The topological polar surface area (TPSA) is 3.24 Å². The molecule has 1 heteroatoms. The molecule has 1 heterocycles. The molecule has 0 amide bonds. The summed E-state index contributed by atoms with van der Waals surface area (Å²) in [5.74, 6) is 0. The van der Waals surface area contributed by atoms with E-state index >= 15 is 0 Å². The molecule has 0 atom stereocenters. The summed E-state index contributed by atoms with van der Waals surface area (Å²) >= 11 is 0. The quantitative estimate of drug-likeness (QED) is 0.221. The van der Waals surface area contributed by atoms with Gasteiger partial charge in [0.1, 0.15) is 0 Å². The Labute approximate surface area is 198 Å². The summed E-state index contributed by atoms with van der Waals surface area (Å²) in [4.78, 5) is 2.57. The van der Waals surface area contributed by atoms with E-state index in [4.69, 9.17) is 0 Å². The molecule has 0 fully saturated rings. The van der Waals surface area contributed by atoms with E-state index < -0.39 is 0 Å². The molecule has 0 N–H and O–H groups in total. The van der Waals surface area contributed by atoms with Crippen LogP contribution < -0.4 is 4.90 Å². The van der Waals surface area contributed by atoms with Gasteiger partial charge in [0.2, 0.25) is 0 Å². The normalized spacial score (nSPS) is 14.7. The lowest BCUT2D eigenvalue weighted by Crippen LogP contribution is -2.28. The van der Waals surface area contributed by atoms with Gasteiger partial charge >= 0.3 is 0 Å². The van der Waals surface area contributed by atoms with Gasteiger partial charge in [0.05, 0.1) is 0 Å². The number of nitrogens with zero attached hydrogens (tertiary/aromatic N) is 1. The highest BCUT2D eigenvalue weighted by Gasteiger charge is 2.22. The van der Waals surface area contributed by atoms with Crippen molar-refractivity contribution in [1.29, 1.82) is 0 Å². The van der Waals surface area contributed by atoms with Gasteiger partial charge in [-0.05, 0) is 42.2 Å². The van der Waals surface area contributed by atoms with Crippen molar-refractivity contribution in [2.24, 2.45) is 0 Å². The average Bonchev–Trinajstić information content (AvgIpc) is 2.83. The summed E-state index contributed by atoms with van der Waals surface area (Å²) in [7, 11) is 0. The van der Waals surface area contributed by atoms with Gasteiger partial charge in [-0.1, -0.05) is 134 Å². The minimum absolute atomic E-state index is 1.07. The highest BCUT2D eigenvalue weighted by Crippen LogP contribution is 2.37. The van der Waals surface area contributed by atoms with Gasteiger partial charge in [-0.3, -0.25) is 0 Å². The van der Waals surface area contributed by atoms with Gasteiger partial charge in [-0.2, -0.15) is 0 Å². The molecule has 0 saturated heterocycles. The van der Waals surface area contributed by atoms with Crippen molar-refractivity contribution in [2.45, 2.75) is 116 Å². The largest absolute Gasteiger partial charge is 0.341 e. The van der Waals surface area contributed by atoms with Crippen LogP contribution in [0.4, 0.5) is 5.69 Å². The number of hydrogen-bond acceptors (Lipinski definition) is 1. The van der Waals surface area contributed by atoms with Crippen LogP contribution >= 0.6 is 0 Å². The summed E-state index contributed by atoms with van der Waals surface area (Å²) in [5.41, 5.74) is 5.67. The van der Waals surface area contributed by atoms with Gasteiger partial charge in [0, 0.05) is 17.9 Å². The zero-order chi connectivity index (χ0) is 22.3. The predicted molar refractivity (Wildman–Crippen MR) is 143 cm³/mol. The van der Waals surface area contributed by atoms with E-state index in [1.807, 2.05) is 0 Å². The van der Waals surface area contributed by atoms with Gasteiger partial charge in [-0.15, -0.1) is 0 Å².